The Labute approximate surface area is 238 Å². The van der Waals surface area contributed by atoms with Gasteiger partial charge in [-0.05, 0) is 104 Å². The van der Waals surface area contributed by atoms with Crippen LogP contribution in [0.1, 0.15) is 52.3 Å². The van der Waals surface area contributed by atoms with E-state index >= 15 is 0 Å². The van der Waals surface area contributed by atoms with E-state index in [2.05, 4.69) is 26.0 Å². The Morgan fingerprint density at radius 1 is 0.925 bits per heavy atom. The first kappa shape index (κ1) is 27.2. The molecule has 202 valence electrons. The number of carbonyl (C=O) groups excluding carboxylic acids is 1. The first-order valence-electron chi connectivity index (χ1n) is 13.3. The lowest BCUT2D eigenvalue weighted by Crippen LogP contribution is -2.28. The van der Waals surface area contributed by atoms with Crippen LogP contribution >= 0.6 is 11.8 Å². The van der Waals surface area contributed by atoms with Gasteiger partial charge in [0.25, 0.3) is 5.91 Å². The van der Waals surface area contributed by atoms with Crippen molar-refractivity contribution in [2.45, 2.75) is 40.5 Å². The number of amidine groups is 1. The van der Waals surface area contributed by atoms with Gasteiger partial charge in [0, 0.05) is 11.4 Å². The highest BCUT2D eigenvalue weighted by Gasteiger charge is 2.35. The van der Waals surface area contributed by atoms with Crippen molar-refractivity contribution in [3.05, 3.63) is 117 Å². The van der Waals surface area contributed by atoms with Crippen LogP contribution in [0.25, 0.3) is 11.8 Å². The van der Waals surface area contributed by atoms with Gasteiger partial charge < -0.3 is 9.67 Å². The summed E-state index contributed by atoms with van der Waals surface area (Å²) in [7, 11) is 0. The molecule has 5 rings (SSSR count). The lowest BCUT2D eigenvalue weighted by molar-refractivity contribution is -0.113. The number of hydrogen-bond acceptors (Lipinski definition) is 4. The van der Waals surface area contributed by atoms with E-state index in [0.717, 1.165) is 41.2 Å². The fourth-order valence-electron chi connectivity index (χ4n) is 4.87. The van der Waals surface area contributed by atoms with Crippen LogP contribution in [0.5, 0.6) is 0 Å². The maximum absolute atomic E-state index is 13.9. The number of aryl methyl sites for hydroxylation is 3. The molecule has 0 atom stereocenters. The second kappa shape index (κ2) is 11.4. The zero-order valence-corrected chi connectivity index (χ0v) is 23.8. The minimum atomic E-state index is -0.984. The van der Waals surface area contributed by atoms with E-state index in [1.54, 1.807) is 23.1 Å². The molecular weight excluding hydrogens is 518 g/mol. The van der Waals surface area contributed by atoms with Crippen molar-refractivity contribution in [1.82, 2.24) is 4.57 Å². The van der Waals surface area contributed by atoms with Gasteiger partial charge in [-0.25, -0.2) is 9.79 Å². The summed E-state index contributed by atoms with van der Waals surface area (Å²) >= 11 is 1.34. The zero-order valence-electron chi connectivity index (χ0n) is 23.0. The van der Waals surface area contributed by atoms with E-state index in [0.29, 0.717) is 15.8 Å². The number of nitrogens with zero attached hydrogens (tertiary/aromatic N) is 3. The Balaban J connectivity index is 1.58. The average Bonchev–Trinajstić information content (AvgIpc) is 3.42. The summed E-state index contributed by atoms with van der Waals surface area (Å²) in [6.45, 7) is 8.09. The first-order valence-corrected chi connectivity index (χ1v) is 14.1. The number of hydrogen-bond donors (Lipinski definition) is 1. The number of carbonyl (C=O) groups is 2. The lowest BCUT2D eigenvalue weighted by Gasteiger charge is -2.16. The second-order valence-corrected chi connectivity index (χ2v) is 10.7. The maximum Gasteiger partial charge on any atom is 0.337 e. The Morgan fingerprint density at radius 2 is 1.55 bits per heavy atom. The van der Waals surface area contributed by atoms with Gasteiger partial charge in [0.1, 0.15) is 0 Å². The smallest absolute Gasteiger partial charge is 0.337 e. The van der Waals surface area contributed by atoms with E-state index in [9.17, 15) is 14.7 Å². The van der Waals surface area contributed by atoms with Gasteiger partial charge in [0.15, 0.2) is 5.17 Å². The van der Waals surface area contributed by atoms with Crippen molar-refractivity contribution >= 4 is 46.3 Å². The third-order valence-electron chi connectivity index (χ3n) is 7.11. The molecule has 0 saturated carbocycles. The van der Waals surface area contributed by atoms with Crippen molar-refractivity contribution < 1.29 is 14.7 Å². The van der Waals surface area contributed by atoms with Gasteiger partial charge in [0.2, 0.25) is 0 Å². The molecule has 0 radical (unpaired) electrons. The van der Waals surface area contributed by atoms with Crippen LogP contribution in [0.2, 0.25) is 0 Å². The molecule has 0 aliphatic carbocycles. The monoisotopic (exact) mass is 549 g/mol. The SMILES string of the molecule is CCc1ccc(N=C2S/C(=C\c3cc(C)n(-c4ccccc4C(=O)O)c3C)C(=O)N2c2ccc(CC)cc2)cc1. The topological polar surface area (TPSA) is 74.9 Å². The molecule has 0 spiro atoms. The molecule has 7 heteroatoms. The molecule has 6 nitrogen and oxygen atoms in total. The van der Waals surface area contributed by atoms with Crippen LogP contribution in [0, 0.1) is 13.8 Å². The van der Waals surface area contributed by atoms with Gasteiger partial charge in [-0.15, -0.1) is 0 Å². The van der Waals surface area contributed by atoms with Crippen molar-refractivity contribution in [3.63, 3.8) is 0 Å². The van der Waals surface area contributed by atoms with Crippen molar-refractivity contribution in [2.75, 3.05) is 4.90 Å². The summed E-state index contributed by atoms with van der Waals surface area (Å²) in [6, 6.07) is 25.0. The number of aromatic nitrogens is 1. The summed E-state index contributed by atoms with van der Waals surface area (Å²) in [6.07, 6.45) is 3.74. The number of aliphatic imine (C=N–C) groups is 1. The van der Waals surface area contributed by atoms with Gasteiger partial charge in [-0.1, -0.05) is 50.2 Å². The number of anilines is 1. The van der Waals surface area contributed by atoms with E-state index in [4.69, 9.17) is 4.99 Å². The molecule has 1 saturated heterocycles. The summed E-state index contributed by atoms with van der Waals surface area (Å²) in [5, 5.41) is 10.3. The second-order valence-electron chi connectivity index (χ2n) is 9.67. The third-order valence-corrected chi connectivity index (χ3v) is 8.08. The third kappa shape index (κ3) is 5.25. The standard InChI is InChI=1S/C33H31N3O3S/c1-5-23-11-15-26(16-12-23)34-33-36(27-17-13-24(6-2)14-18-27)31(37)30(40-33)20-25-19-21(3)35(22(25)4)29-10-8-7-9-28(29)32(38)39/h7-20H,5-6H2,1-4H3,(H,38,39)/b30-20-,34-33?. The molecule has 40 heavy (non-hydrogen) atoms. The summed E-state index contributed by atoms with van der Waals surface area (Å²) in [5.74, 6) is -1.13. The number of amides is 1. The Kier molecular flexibility index (Phi) is 7.76. The summed E-state index contributed by atoms with van der Waals surface area (Å²) in [5.41, 5.74) is 7.37. The van der Waals surface area contributed by atoms with E-state index in [1.165, 1.54) is 22.9 Å². The minimum Gasteiger partial charge on any atom is -0.478 e. The molecular formula is C33H31N3O3S. The van der Waals surface area contributed by atoms with Crippen molar-refractivity contribution in [3.8, 4) is 5.69 Å². The van der Waals surface area contributed by atoms with Crippen molar-refractivity contribution in [1.29, 1.82) is 0 Å². The molecule has 1 amide bonds. The van der Waals surface area contributed by atoms with Crippen LogP contribution in [0.3, 0.4) is 0 Å². The molecule has 1 fully saturated rings. The van der Waals surface area contributed by atoms with Crippen LogP contribution in [-0.4, -0.2) is 26.7 Å². The Hall–Kier alpha value is -4.36. The minimum absolute atomic E-state index is 0.145. The number of benzene rings is 3. The molecule has 0 bridgehead atoms. The zero-order chi connectivity index (χ0) is 28.4. The molecule has 1 aliphatic rings. The van der Waals surface area contributed by atoms with E-state index < -0.39 is 5.97 Å². The van der Waals surface area contributed by atoms with E-state index in [1.807, 2.05) is 73.0 Å². The fourth-order valence-corrected chi connectivity index (χ4v) is 5.86. The normalized spacial score (nSPS) is 15.4. The summed E-state index contributed by atoms with van der Waals surface area (Å²) < 4.78 is 1.92. The number of para-hydroxylation sites is 1. The number of carboxylic acids is 1. The molecule has 3 aromatic carbocycles. The average molecular weight is 550 g/mol. The number of thioether (sulfide) groups is 1. The van der Waals surface area contributed by atoms with Crippen LogP contribution in [0.4, 0.5) is 11.4 Å². The van der Waals surface area contributed by atoms with E-state index in [-0.39, 0.29) is 11.5 Å². The van der Waals surface area contributed by atoms with Crippen molar-refractivity contribution in [2.24, 2.45) is 4.99 Å². The predicted molar refractivity (Wildman–Crippen MR) is 164 cm³/mol. The molecule has 1 N–H and O–H groups in total. The summed E-state index contributed by atoms with van der Waals surface area (Å²) in [4.78, 5) is 32.8. The molecule has 2 heterocycles. The Bertz CT molecular complexity index is 1650. The fraction of sp³-hybridized carbons (Fsp3) is 0.182. The highest BCUT2D eigenvalue weighted by Crippen LogP contribution is 2.38. The predicted octanol–water partition coefficient (Wildman–Crippen LogP) is 7.73. The highest BCUT2D eigenvalue weighted by atomic mass is 32.2. The lowest BCUT2D eigenvalue weighted by atomic mass is 10.1. The largest absolute Gasteiger partial charge is 0.478 e. The Morgan fingerprint density at radius 3 is 2.17 bits per heavy atom. The van der Waals surface area contributed by atoms with Crippen LogP contribution in [0.15, 0.2) is 88.8 Å². The van der Waals surface area contributed by atoms with Gasteiger partial charge in [0.05, 0.1) is 27.5 Å². The molecule has 1 aliphatic heterocycles. The number of rotatable bonds is 7. The molecule has 0 unspecified atom stereocenters. The number of aromatic carboxylic acids is 1. The quantitative estimate of drug-likeness (QED) is 0.239. The number of carboxylic acid groups (broad SMARTS) is 1. The van der Waals surface area contributed by atoms with Gasteiger partial charge >= 0.3 is 5.97 Å². The maximum atomic E-state index is 13.9. The van der Waals surface area contributed by atoms with Crippen LogP contribution in [-0.2, 0) is 17.6 Å². The highest BCUT2D eigenvalue weighted by molar-refractivity contribution is 8.19. The van der Waals surface area contributed by atoms with Gasteiger partial charge in [-0.3, -0.25) is 9.69 Å². The molecule has 1 aromatic heterocycles. The van der Waals surface area contributed by atoms with Gasteiger partial charge in [-0.2, -0.15) is 0 Å². The first-order chi connectivity index (χ1) is 19.3. The van der Waals surface area contributed by atoms with Crippen LogP contribution < -0.4 is 4.90 Å². The molecule has 4 aromatic rings.